The van der Waals surface area contributed by atoms with Gasteiger partial charge in [-0.2, -0.15) is 26.0 Å². The van der Waals surface area contributed by atoms with E-state index in [4.69, 9.17) is 28.1 Å². The standard InChI is InChI=1S/C17H16BN5O2.C17H14BrN5.BH3P.2O2S/c1-11-20-21-12(2)23(11)16-9-8-14-15(18(24)25)10-22(17(14)19-16)13-6-4-3-5-7-13;1-11-20-21-12(2)23(11)16-9-8-14-15(18)10-22(17(14)19-16)13-6-4-3-5-7-13;1-2;2*1-3-2/h3-10,24-25H,1-2H3;3-10H,1-2H3;1H,2H2;;/i;;1D;;. The van der Waals surface area contributed by atoms with Crippen LogP contribution < -0.4 is 5.46 Å². The molecule has 0 saturated heterocycles. The summed E-state index contributed by atoms with van der Waals surface area (Å²) in [5.41, 5.74) is 3.91. The molecule has 0 amide bonds. The van der Waals surface area contributed by atoms with Gasteiger partial charge in [0.05, 0.1) is 0 Å². The minimum absolute atomic E-state index is 0.412. The van der Waals surface area contributed by atoms with Gasteiger partial charge in [-0.1, -0.05) is 36.4 Å². The SMILES string of the molecule is Cc1nnc(C)n1-c1ccc2c(B(O)O)cn(-c3ccccc3)c2n1.Cc1nnc(C)n1-c1ccc2c(Br)cn(-c3ccccc3)c2n1.O=S=O.O=S=O.[2H][B]P. The molecule has 8 rings (SSSR count). The topological polar surface area (TPSA) is 206 Å². The Labute approximate surface area is 341 Å². The zero-order chi connectivity index (χ0) is 41.6. The first kappa shape index (κ1) is 41.9. The maximum absolute atomic E-state index is 9.71. The quantitative estimate of drug-likeness (QED) is 0.189. The van der Waals surface area contributed by atoms with E-state index in [2.05, 4.69) is 68.2 Å². The molecule has 22 heteroatoms. The number of aryl methyl sites for hydroxylation is 4. The van der Waals surface area contributed by atoms with Crippen LogP contribution in [0.4, 0.5) is 0 Å². The second kappa shape index (κ2) is 20.6. The lowest BCUT2D eigenvalue weighted by Crippen LogP contribution is -2.29. The predicted molar refractivity (Wildman–Crippen MR) is 223 cm³/mol. The van der Waals surface area contributed by atoms with Crippen LogP contribution in [0.3, 0.4) is 0 Å². The van der Waals surface area contributed by atoms with Gasteiger partial charge < -0.3 is 19.2 Å². The lowest BCUT2D eigenvalue weighted by atomic mass is 9.80. The van der Waals surface area contributed by atoms with Crippen LogP contribution >= 0.6 is 25.0 Å². The molecule has 0 bridgehead atoms. The van der Waals surface area contributed by atoms with Crippen LogP contribution in [0.1, 0.15) is 23.3 Å². The van der Waals surface area contributed by atoms with Gasteiger partial charge in [0.1, 0.15) is 53.8 Å². The monoisotopic (exact) mass is 874 g/mol. The van der Waals surface area contributed by atoms with Crippen molar-refractivity contribution in [2.45, 2.75) is 27.7 Å². The van der Waals surface area contributed by atoms with Crippen molar-refractivity contribution >= 4 is 90.4 Å². The summed E-state index contributed by atoms with van der Waals surface area (Å²) in [5.74, 6) is 4.63. The van der Waals surface area contributed by atoms with Gasteiger partial charge in [-0.3, -0.25) is 9.13 Å². The molecule has 1 radical (unpaired) electrons. The van der Waals surface area contributed by atoms with Gasteiger partial charge in [-0.15, -0.1) is 20.4 Å². The lowest BCUT2D eigenvalue weighted by Gasteiger charge is -2.08. The van der Waals surface area contributed by atoms with Crippen molar-refractivity contribution in [2.24, 2.45) is 0 Å². The Hall–Kier alpha value is -5.30. The summed E-state index contributed by atoms with van der Waals surface area (Å²) in [7, 11) is 1.72. The average molecular weight is 875 g/mol. The van der Waals surface area contributed by atoms with E-state index in [1.54, 1.807) is 6.20 Å². The lowest BCUT2D eigenvalue weighted by molar-refractivity contribution is 0.426. The highest BCUT2D eigenvalue weighted by Crippen LogP contribution is 2.29. The second-order valence-corrected chi connectivity index (χ2v) is 12.4. The molecule has 56 heavy (non-hydrogen) atoms. The molecule has 6 aromatic heterocycles. The molecule has 16 nitrogen and oxygen atoms in total. The minimum Gasteiger partial charge on any atom is -0.423 e. The number of rotatable bonds is 5. The number of pyridine rings is 2. The van der Waals surface area contributed by atoms with Crippen molar-refractivity contribution in [1.29, 1.82) is 1.34 Å². The van der Waals surface area contributed by atoms with Gasteiger partial charge in [-0.25, -0.2) is 9.97 Å². The number of benzene rings is 2. The van der Waals surface area contributed by atoms with Crippen LogP contribution in [0.2, 0.25) is 0 Å². The van der Waals surface area contributed by atoms with E-state index in [9.17, 15) is 10.0 Å². The van der Waals surface area contributed by atoms with Crippen LogP contribution in [0.5, 0.6) is 0 Å². The highest BCUT2D eigenvalue weighted by molar-refractivity contribution is 9.10. The fourth-order valence-electron chi connectivity index (χ4n) is 5.80. The second-order valence-electron chi connectivity index (χ2n) is 11.3. The third-order valence-corrected chi connectivity index (χ3v) is 8.67. The highest BCUT2D eigenvalue weighted by atomic mass is 79.9. The molecule has 8 aromatic rings. The maximum atomic E-state index is 9.71. The molecular weight excluding hydrogens is 841 g/mol. The molecule has 1 atom stereocenters. The summed E-state index contributed by atoms with van der Waals surface area (Å²) < 4.78 is 48.0. The molecule has 0 aliphatic rings. The van der Waals surface area contributed by atoms with Gasteiger partial charge >= 0.3 is 30.3 Å². The molecule has 0 saturated carbocycles. The number of aromatic nitrogens is 10. The van der Waals surface area contributed by atoms with Gasteiger partial charge in [0, 0.05) is 44.5 Å². The summed E-state index contributed by atoms with van der Waals surface area (Å²) in [6, 6.07) is 27.6. The average Bonchev–Trinajstić information content (AvgIpc) is 3.95. The molecule has 2 N–H and O–H groups in total. The molecule has 285 valence electrons. The van der Waals surface area contributed by atoms with Crippen molar-refractivity contribution < 1.29 is 26.9 Å². The maximum Gasteiger partial charge on any atom is 0.490 e. The Morgan fingerprint density at radius 1 is 0.643 bits per heavy atom. The van der Waals surface area contributed by atoms with Crippen LogP contribution in [0.25, 0.3) is 45.1 Å². The van der Waals surface area contributed by atoms with Gasteiger partial charge in [-0.05, 0) is 93.5 Å². The number of halogens is 1. The Kier molecular flexibility index (Phi) is 15.4. The van der Waals surface area contributed by atoms with Crippen LogP contribution in [0.15, 0.2) is 102 Å². The number of nitrogens with zero attached hydrogens (tertiary/aromatic N) is 10. The third kappa shape index (κ3) is 9.73. The first-order chi connectivity index (χ1) is 27.4. The van der Waals surface area contributed by atoms with Gasteiger partial charge in [0.25, 0.3) is 0 Å². The first-order valence-corrected chi connectivity index (χ1v) is 18.9. The summed E-state index contributed by atoms with van der Waals surface area (Å²) in [5, 5.41) is 37.6. The number of fused-ring (bicyclic) bond motifs is 2. The number of para-hydroxylation sites is 2. The normalized spacial score (nSPS) is 10.3. The van der Waals surface area contributed by atoms with Crippen molar-refractivity contribution in [1.82, 2.24) is 48.6 Å². The molecule has 6 heterocycles. The Bertz CT molecular complexity index is 2610. The minimum atomic E-state index is -1.57. The third-order valence-electron chi connectivity index (χ3n) is 8.03. The first-order valence-electron chi connectivity index (χ1n) is 16.7. The summed E-state index contributed by atoms with van der Waals surface area (Å²) in [6.07, 6.45) is 3.75. The Balaban J connectivity index is 0.000000210. The van der Waals surface area contributed by atoms with Crippen molar-refractivity contribution in [3.05, 3.63) is 125 Å². The molecule has 1 unspecified atom stereocenters. The van der Waals surface area contributed by atoms with Crippen LogP contribution in [-0.4, -0.2) is 91.5 Å². The predicted octanol–water partition coefficient (Wildman–Crippen LogP) is 3.23. The molecule has 2 aromatic carbocycles. The summed E-state index contributed by atoms with van der Waals surface area (Å²) in [4.78, 5) is 9.59. The van der Waals surface area contributed by atoms with E-state index in [1.807, 2.05) is 114 Å². The largest absolute Gasteiger partial charge is 0.490 e. The Morgan fingerprint density at radius 2 is 1.00 bits per heavy atom. The zero-order valence-electron chi connectivity index (χ0n) is 31.2. The molecule has 0 aliphatic carbocycles. The van der Waals surface area contributed by atoms with Gasteiger partial charge in [0.2, 0.25) is 0 Å². The van der Waals surface area contributed by atoms with E-state index >= 15 is 0 Å². The van der Waals surface area contributed by atoms with Crippen molar-refractivity contribution in [3.63, 3.8) is 0 Å². The van der Waals surface area contributed by atoms with E-state index in [1.165, 1.54) is 7.53 Å². The van der Waals surface area contributed by atoms with E-state index < -0.39 is 30.3 Å². The molecule has 0 aliphatic heterocycles. The zero-order valence-corrected chi connectivity index (χ0v) is 34.5. The molecular formula is C34H33B2BrN10O6PS2. The van der Waals surface area contributed by atoms with Crippen molar-refractivity contribution in [2.75, 3.05) is 0 Å². The van der Waals surface area contributed by atoms with E-state index in [0.29, 0.717) is 22.3 Å². The van der Waals surface area contributed by atoms with Crippen molar-refractivity contribution in [3.8, 4) is 23.0 Å². The highest BCUT2D eigenvalue weighted by Gasteiger charge is 2.21. The van der Waals surface area contributed by atoms with Gasteiger partial charge in [0.15, 0.2) is 0 Å². The summed E-state index contributed by atoms with van der Waals surface area (Å²) in [6.45, 7) is 7.59. The smallest absolute Gasteiger partial charge is 0.423 e. The number of hydrogen-bond acceptors (Lipinski definition) is 12. The number of hydrogen-bond donors (Lipinski definition) is 2. The fraction of sp³-hybridized carbons (Fsp3) is 0.118. The van der Waals surface area contributed by atoms with Crippen LogP contribution in [-0.2, 0) is 23.1 Å². The van der Waals surface area contributed by atoms with Crippen LogP contribution in [0, 0.1) is 27.7 Å². The molecule has 0 spiro atoms. The molecule has 0 fully saturated rings. The van der Waals surface area contributed by atoms with E-state index in [0.717, 1.165) is 56.0 Å². The summed E-state index contributed by atoms with van der Waals surface area (Å²) >= 11 is 2.12. The Morgan fingerprint density at radius 3 is 1.39 bits per heavy atom. The fourth-order valence-corrected chi connectivity index (χ4v) is 6.31. The van der Waals surface area contributed by atoms with E-state index in [-0.39, 0.29) is 0 Å².